The zero-order valence-electron chi connectivity index (χ0n) is 15.4. The Balaban J connectivity index is 1.26. The molecule has 0 spiro atoms. The van der Waals surface area contributed by atoms with Gasteiger partial charge in [0, 0.05) is 44.4 Å². The van der Waals surface area contributed by atoms with Crippen molar-refractivity contribution in [1.29, 1.82) is 0 Å². The summed E-state index contributed by atoms with van der Waals surface area (Å²) >= 11 is 0. The number of likely N-dealkylation sites (tertiary alicyclic amines) is 1. The van der Waals surface area contributed by atoms with Crippen LogP contribution in [0.4, 0.5) is 0 Å². The van der Waals surface area contributed by atoms with Crippen molar-refractivity contribution < 1.29 is 4.79 Å². The Labute approximate surface area is 159 Å². The largest absolute Gasteiger partial charge is 0.352 e. The van der Waals surface area contributed by atoms with Crippen molar-refractivity contribution >= 4 is 16.9 Å². The zero-order chi connectivity index (χ0) is 18.5. The Morgan fingerprint density at radius 2 is 2.19 bits per heavy atom. The van der Waals surface area contributed by atoms with Gasteiger partial charge in [0.05, 0.1) is 11.0 Å². The first-order chi connectivity index (χ1) is 13.3. The van der Waals surface area contributed by atoms with Gasteiger partial charge < -0.3 is 10.3 Å². The number of rotatable bonds is 6. The number of piperidine rings is 1. The summed E-state index contributed by atoms with van der Waals surface area (Å²) in [7, 11) is 0. The molecular formula is C21H25N5O. The predicted octanol–water partition coefficient (Wildman–Crippen LogP) is 2.67. The van der Waals surface area contributed by atoms with Crippen LogP contribution in [0.1, 0.15) is 30.7 Å². The minimum atomic E-state index is 0.101. The van der Waals surface area contributed by atoms with Crippen LogP contribution in [0.5, 0.6) is 0 Å². The van der Waals surface area contributed by atoms with Crippen LogP contribution < -0.4 is 5.32 Å². The average molecular weight is 363 g/mol. The number of nitrogens with zero attached hydrogens (tertiary/aromatic N) is 3. The smallest absolute Gasteiger partial charge is 0.220 e. The summed E-state index contributed by atoms with van der Waals surface area (Å²) in [4.78, 5) is 26.8. The van der Waals surface area contributed by atoms with Crippen molar-refractivity contribution in [3.63, 3.8) is 0 Å². The minimum absolute atomic E-state index is 0.101. The van der Waals surface area contributed by atoms with Crippen LogP contribution in [0.2, 0.25) is 0 Å². The van der Waals surface area contributed by atoms with Crippen molar-refractivity contribution in [2.24, 2.45) is 0 Å². The van der Waals surface area contributed by atoms with Gasteiger partial charge in [0.25, 0.3) is 0 Å². The fraction of sp³-hybridized carbons (Fsp3) is 0.381. The van der Waals surface area contributed by atoms with Gasteiger partial charge in [-0.1, -0.05) is 18.2 Å². The normalized spacial score (nSPS) is 17.9. The molecular weight excluding hydrogens is 338 g/mol. The Bertz CT molecular complexity index is 859. The number of benzene rings is 1. The number of aromatic amines is 1. The third-order valence-electron chi connectivity index (χ3n) is 5.03. The number of carbonyl (C=O) groups is 1. The van der Waals surface area contributed by atoms with Gasteiger partial charge in [-0.2, -0.15) is 0 Å². The molecule has 1 aliphatic heterocycles. The van der Waals surface area contributed by atoms with Gasteiger partial charge in [-0.25, -0.2) is 4.98 Å². The molecule has 27 heavy (non-hydrogen) atoms. The fourth-order valence-corrected chi connectivity index (χ4v) is 3.72. The SMILES string of the molecule is O=C(CCc1nc2ccccc2[nH]1)NC1CCCN(Cc2cccnc2)C1. The number of hydrogen-bond donors (Lipinski definition) is 2. The lowest BCUT2D eigenvalue weighted by Crippen LogP contribution is -2.47. The maximum Gasteiger partial charge on any atom is 0.220 e. The minimum Gasteiger partial charge on any atom is -0.352 e. The van der Waals surface area contributed by atoms with Gasteiger partial charge in [-0.05, 0) is 43.1 Å². The summed E-state index contributed by atoms with van der Waals surface area (Å²) in [6.07, 6.45) is 6.94. The van der Waals surface area contributed by atoms with Crippen LogP contribution in [-0.2, 0) is 17.8 Å². The predicted molar refractivity (Wildman–Crippen MR) is 105 cm³/mol. The van der Waals surface area contributed by atoms with Crippen molar-refractivity contribution in [3.05, 3.63) is 60.2 Å². The van der Waals surface area contributed by atoms with Crippen LogP contribution in [-0.4, -0.2) is 44.9 Å². The van der Waals surface area contributed by atoms with E-state index in [-0.39, 0.29) is 11.9 Å². The quantitative estimate of drug-likeness (QED) is 0.706. The highest BCUT2D eigenvalue weighted by Gasteiger charge is 2.21. The van der Waals surface area contributed by atoms with E-state index in [0.29, 0.717) is 12.8 Å². The van der Waals surface area contributed by atoms with Crippen molar-refractivity contribution in [3.8, 4) is 0 Å². The van der Waals surface area contributed by atoms with E-state index in [4.69, 9.17) is 0 Å². The number of pyridine rings is 1. The van der Waals surface area contributed by atoms with E-state index in [1.165, 1.54) is 5.56 Å². The van der Waals surface area contributed by atoms with E-state index in [1.807, 2.05) is 36.5 Å². The molecule has 2 aromatic heterocycles. The summed E-state index contributed by atoms with van der Waals surface area (Å²) in [6, 6.07) is 12.2. The topological polar surface area (TPSA) is 73.9 Å². The molecule has 0 radical (unpaired) electrons. The fourth-order valence-electron chi connectivity index (χ4n) is 3.72. The van der Waals surface area contributed by atoms with Crippen molar-refractivity contribution in [1.82, 2.24) is 25.2 Å². The number of hydrogen-bond acceptors (Lipinski definition) is 4. The van der Waals surface area contributed by atoms with E-state index in [9.17, 15) is 4.79 Å². The number of amides is 1. The summed E-state index contributed by atoms with van der Waals surface area (Å²) in [6.45, 7) is 2.85. The van der Waals surface area contributed by atoms with Gasteiger partial charge in [0.15, 0.2) is 0 Å². The first-order valence-electron chi connectivity index (χ1n) is 9.60. The molecule has 0 aliphatic carbocycles. The summed E-state index contributed by atoms with van der Waals surface area (Å²) < 4.78 is 0. The van der Waals surface area contributed by atoms with Crippen LogP contribution in [0.25, 0.3) is 11.0 Å². The number of H-pyrrole nitrogens is 1. The molecule has 1 atom stereocenters. The third-order valence-corrected chi connectivity index (χ3v) is 5.03. The highest BCUT2D eigenvalue weighted by atomic mass is 16.1. The molecule has 3 heterocycles. The zero-order valence-corrected chi connectivity index (χ0v) is 15.4. The van der Waals surface area contributed by atoms with Gasteiger partial charge in [-0.15, -0.1) is 0 Å². The molecule has 4 rings (SSSR count). The second kappa shape index (κ2) is 8.31. The summed E-state index contributed by atoms with van der Waals surface area (Å²) in [5, 5.41) is 3.20. The number of fused-ring (bicyclic) bond motifs is 1. The molecule has 140 valence electrons. The molecule has 1 aliphatic rings. The lowest BCUT2D eigenvalue weighted by Gasteiger charge is -2.33. The van der Waals surface area contributed by atoms with E-state index < -0.39 is 0 Å². The third kappa shape index (κ3) is 4.71. The Morgan fingerprint density at radius 3 is 3.04 bits per heavy atom. The van der Waals surface area contributed by atoms with Crippen molar-refractivity contribution in [2.75, 3.05) is 13.1 Å². The highest BCUT2D eigenvalue weighted by molar-refractivity contribution is 5.77. The van der Waals surface area contributed by atoms with Gasteiger partial charge in [-0.3, -0.25) is 14.7 Å². The summed E-state index contributed by atoms with van der Waals surface area (Å²) in [5.41, 5.74) is 3.19. The first-order valence-corrected chi connectivity index (χ1v) is 9.60. The lowest BCUT2D eigenvalue weighted by atomic mass is 10.0. The molecule has 0 bridgehead atoms. The van der Waals surface area contributed by atoms with Gasteiger partial charge in [0.1, 0.15) is 5.82 Å². The number of aromatic nitrogens is 3. The number of aryl methyl sites for hydroxylation is 1. The number of imidazole rings is 1. The molecule has 6 heteroatoms. The second-order valence-electron chi connectivity index (χ2n) is 7.20. The summed E-state index contributed by atoms with van der Waals surface area (Å²) in [5.74, 6) is 0.969. The van der Waals surface area contributed by atoms with E-state index in [0.717, 1.165) is 49.3 Å². The maximum absolute atomic E-state index is 12.4. The molecule has 6 nitrogen and oxygen atoms in total. The molecule has 1 fully saturated rings. The molecule has 0 saturated carbocycles. The van der Waals surface area contributed by atoms with Gasteiger partial charge in [0.2, 0.25) is 5.91 Å². The highest BCUT2D eigenvalue weighted by Crippen LogP contribution is 2.14. The molecule has 1 unspecified atom stereocenters. The standard InChI is InChI=1S/C21H25N5O/c27-21(10-9-20-24-18-7-1-2-8-19(18)25-20)23-17-6-4-12-26(15-17)14-16-5-3-11-22-13-16/h1-3,5,7-8,11,13,17H,4,6,9-10,12,14-15H2,(H,23,27)(H,24,25). The number of carbonyl (C=O) groups excluding carboxylic acids is 1. The molecule has 1 aromatic carbocycles. The Kier molecular flexibility index (Phi) is 5.44. The number of para-hydroxylation sites is 2. The van der Waals surface area contributed by atoms with Crippen LogP contribution in [0.15, 0.2) is 48.8 Å². The van der Waals surface area contributed by atoms with E-state index >= 15 is 0 Å². The van der Waals surface area contributed by atoms with E-state index in [2.05, 4.69) is 31.2 Å². The molecule has 1 saturated heterocycles. The van der Waals surface area contributed by atoms with Gasteiger partial charge >= 0.3 is 0 Å². The second-order valence-corrected chi connectivity index (χ2v) is 7.20. The Morgan fingerprint density at radius 1 is 1.26 bits per heavy atom. The maximum atomic E-state index is 12.4. The van der Waals surface area contributed by atoms with Crippen LogP contribution >= 0.6 is 0 Å². The Hall–Kier alpha value is -2.73. The lowest BCUT2D eigenvalue weighted by molar-refractivity contribution is -0.122. The van der Waals surface area contributed by atoms with Crippen molar-refractivity contribution in [2.45, 2.75) is 38.3 Å². The monoisotopic (exact) mass is 363 g/mol. The van der Waals surface area contributed by atoms with Crippen LogP contribution in [0, 0.1) is 0 Å². The average Bonchev–Trinajstić information content (AvgIpc) is 3.11. The molecule has 1 amide bonds. The first kappa shape index (κ1) is 17.7. The molecule has 3 aromatic rings. The van der Waals surface area contributed by atoms with E-state index in [1.54, 1.807) is 6.20 Å². The number of nitrogens with one attached hydrogen (secondary N) is 2. The molecule has 2 N–H and O–H groups in total. The van der Waals surface area contributed by atoms with Crippen LogP contribution in [0.3, 0.4) is 0 Å².